The van der Waals surface area contributed by atoms with Crippen molar-refractivity contribution >= 4 is 23.3 Å². The third-order valence-electron chi connectivity index (χ3n) is 2.72. The first-order valence-electron chi connectivity index (χ1n) is 5.62. The fraction of sp³-hybridized carbons (Fsp3) is 0.250. The summed E-state index contributed by atoms with van der Waals surface area (Å²) in [6.07, 6.45) is 1.61. The molecule has 0 amide bonds. The lowest BCUT2D eigenvalue weighted by Crippen LogP contribution is -2.12. The fourth-order valence-electron chi connectivity index (χ4n) is 1.75. The van der Waals surface area contributed by atoms with E-state index >= 15 is 0 Å². The summed E-state index contributed by atoms with van der Waals surface area (Å²) in [4.78, 5) is 10.8. The van der Waals surface area contributed by atoms with Crippen LogP contribution in [-0.4, -0.2) is 25.8 Å². The van der Waals surface area contributed by atoms with Crippen molar-refractivity contribution in [1.82, 2.24) is 14.8 Å². The van der Waals surface area contributed by atoms with Crippen molar-refractivity contribution in [3.8, 4) is 0 Å². The van der Waals surface area contributed by atoms with Crippen LogP contribution in [0.1, 0.15) is 29.1 Å². The van der Waals surface area contributed by atoms with Gasteiger partial charge in [0, 0.05) is 7.05 Å². The van der Waals surface area contributed by atoms with Crippen LogP contribution in [0, 0.1) is 0 Å². The van der Waals surface area contributed by atoms with Gasteiger partial charge in [0.15, 0.2) is 5.82 Å². The molecule has 1 unspecified atom stereocenters. The first kappa shape index (κ1) is 13.4. The van der Waals surface area contributed by atoms with Gasteiger partial charge in [0.1, 0.15) is 6.33 Å². The van der Waals surface area contributed by atoms with Gasteiger partial charge in [0.2, 0.25) is 0 Å². The number of hydrogen-bond acceptors (Lipinski definition) is 4. The van der Waals surface area contributed by atoms with Crippen LogP contribution in [0.25, 0.3) is 0 Å². The van der Waals surface area contributed by atoms with Gasteiger partial charge >= 0.3 is 5.97 Å². The Kier molecular flexibility index (Phi) is 3.71. The molecule has 100 valence electrons. The Morgan fingerprint density at radius 2 is 2.26 bits per heavy atom. The van der Waals surface area contributed by atoms with Crippen LogP contribution < -0.4 is 5.32 Å². The topological polar surface area (TPSA) is 80.0 Å². The van der Waals surface area contributed by atoms with Gasteiger partial charge in [-0.1, -0.05) is 11.6 Å². The number of carbonyl (C=O) groups is 1. The standard InChI is InChI=1S/C12H13ClN4O2/c1-7(11-16-14-6-17(11)2)15-10-4-3-8(12(18)19)5-9(10)13/h3-7,15H,1-2H3,(H,18,19). The minimum Gasteiger partial charge on any atom is -0.478 e. The highest BCUT2D eigenvalue weighted by molar-refractivity contribution is 6.33. The average Bonchev–Trinajstić information content (AvgIpc) is 2.77. The number of rotatable bonds is 4. The van der Waals surface area contributed by atoms with E-state index in [0.717, 1.165) is 5.82 Å². The maximum absolute atomic E-state index is 10.8. The smallest absolute Gasteiger partial charge is 0.335 e. The minimum absolute atomic E-state index is 0.0966. The van der Waals surface area contributed by atoms with Crippen molar-refractivity contribution < 1.29 is 9.90 Å². The second-order valence-corrected chi connectivity index (χ2v) is 4.57. The summed E-state index contributed by atoms with van der Waals surface area (Å²) in [5, 5.41) is 20.2. The zero-order chi connectivity index (χ0) is 14.0. The minimum atomic E-state index is -1.00. The molecule has 0 saturated carbocycles. The van der Waals surface area contributed by atoms with Gasteiger partial charge < -0.3 is 15.0 Å². The van der Waals surface area contributed by atoms with Gasteiger partial charge in [-0.2, -0.15) is 0 Å². The lowest BCUT2D eigenvalue weighted by atomic mass is 10.2. The molecule has 0 spiro atoms. The van der Waals surface area contributed by atoms with E-state index in [9.17, 15) is 4.79 Å². The molecule has 2 rings (SSSR count). The first-order valence-corrected chi connectivity index (χ1v) is 6.00. The molecule has 1 atom stereocenters. The number of hydrogen-bond donors (Lipinski definition) is 2. The quantitative estimate of drug-likeness (QED) is 0.898. The fourth-order valence-corrected chi connectivity index (χ4v) is 1.98. The SMILES string of the molecule is CC(Nc1ccc(C(=O)O)cc1Cl)c1nncn1C. The number of nitrogens with zero attached hydrogens (tertiary/aromatic N) is 3. The van der Waals surface area contributed by atoms with Gasteiger partial charge in [0.05, 0.1) is 22.3 Å². The first-order chi connectivity index (χ1) is 8.99. The predicted octanol–water partition coefficient (Wildman–Crippen LogP) is 2.34. The highest BCUT2D eigenvalue weighted by Gasteiger charge is 2.13. The Bertz CT molecular complexity index is 612. The number of carboxylic acids is 1. The van der Waals surface area contributed by atoms with Crippen molar-refractivity contribution in [2.75, 3.05) is 5.32 Å². The number of aromatic carboxylic acids is 1. The monoisotopic (exact) mass is 280 g/mol. The molecule has 0 fully saturated rings. The summed E-state index contributed by atoms with van der Waals surface area (Å²) < 4.78 is 1.80. The van der Waals surface area contributed by atoms with Crippen molar-refractivity contribution in [1.29, 1.82) is 0 Å². The number of benzene rings is 1. The van der Waals surface area contributed by atoms with E-state index in [1.165, 1.54) is 12.1 Å². The molecular weight excluding hydrogens is 268 g/mol. The molecule has 2 aromatic rings. The Labute approximate surface area is 115 Å². The molecule has 6 nitrogen and oxygen atoms in total. The Hall–Kier alpha value is -2.08. The molecule has 1 aromatic carbocycles. The van der Waals surface area contributed by atoms with Gasteiger partial charge in [-0.3, -0.25) is 0 Å². The second-order valence-electron chi connectivity index (χ2n) is 4.17. The van der Waals surface area contributed by atoms with Crippen LogP contribution in [0.3, 0.4) is 0 Å². The molecule has 2 N–H and O–H groups in total. The molecule has 1 aromatic heterocycles. The molecule has 19 heavy (non-hydrogen) atoms. The highest BCUT2D eigenvalue weighted by atomic mass is 35.5. The lowest BCUT2D eigenvalue weighted by molar-refractivity contribution is 0.0697. The van der Waals surface area contributed by atoms with Crippen LogP contribution in [0.2, 0.25) is 5.02 Å². The summed E-state index contributed by atoms with van der Waals surface area (Å²) in [5.41, 5.74) is 0.809. The molecule has 0 aliphatic rings. The molecule has 0 radical (unpaired) electrons. The van der Waals surface area contributed by atoms with Crippen LogP contribution in [0.4, 0.5) is 5.69 Å². The van der Waals surface area contributed by atoms with Crippen LogP contribution in [0.15, 0.2) is 24.5 Å². The number of aromatic nitrogens is 3. The van der Waals surface area contributed by atoms with Gasteiger partial charge in [-0.25, -0.2) is 4.79 Å². The number of halogens is 1. The van der Waals surface area contributed by atoms with Crippen LogP contribution in [0.5, 0.6) is 0 Å². The zero-order valence-corrected chi connectivity index (χ0v) is 11.2. The summed E-state index contributed by atoms with van der Waals surface area (Å²) in [6, 6.07) is 4.45. The Balaban J connectivity index is 2.20. The van der Waals surface area contributed by atoms with Gasteiger partial charge in [-0.15, -0.1) is 10.2 Å². The number of anilines is 1. The molecule has 0 aliphatic heterocycles. The average molecular weight is 281 g/mol. The van der Waals surface area contributed by atoms with E-state index in [2.05, 4.69) is 15.5 Å². The van der Waals surface area contributed by atoms with E-state index in [-0.39, 0.29) is 11.6 Å². The molecule has 0 bridgehead atoms. The van der Waals surface area contributed by atoms with Crippen molar-refractivity contribution in [3.63, 3.8) is 0 Å². The van der Waals surface area contributed by atoms with Gasteiger partial charge in [0.25, 0.3) is 0 Å². The molecular formula is C12H13ClN4O2. The molecule has 0 saturated heterocycles. The summed E-state index contributed by atoms with van der Waals surface area (Å²) in [7, 11) is 1.85. The molecule has 0 aliphatic carbocycles. The van der Waals surface area contributed by atoms with Crippen molar-refractivity contribution in [3.05, 3.63) is 40.9 Å². The van der Waals surface area contributed by atoms with Crippen molar-refractivity contribution in [2.24, 2.45) is 7.05 Å². The van der Waals surface area contributed by atoms with Crippen LogP contribution >= 0.6 is 11.6 Å². The number of nitrogens with one attached hydrogen (secondary N) is 1. The van der Waals surface area contributed by atoms with E-state index in [0.29, 0.717) is 10.7 Å². The van der Waals surface area contributed by atoms with Crippen molar-refractivity contribution in [2.45, 2.75) is 13.0 Å². The molecule has 7 heteroatoms. The summed E-state index contributed by atoms with van der Waals surface area (Å²) in [6.45, 7) is 1.92. The number of carboxylic acid groups (broad SMARTS) is 1. The largest absolute Gasteiger partial charge is 0.478 e. The second kappa shape index (κ2) is 5.27. The third-order valence-corrected chi connectivity index (χ3v) is 3.03. The Morgan fingerprint density at radius 1 is 1.53 bits per heavy atom. The van der Waals surface area contributed by atoms with E-state index in [4.69, 9.17) is 16.7 Å². The normalized spacial score (nSPS) is 12.2. The van der Waals surface area contributed by atoms with E-state index in [1.54, 1.807) is 17.0 Å². The Morgan fingerprint density at radius 3 is 2.79 bits per heavy atom. The van der Waals surface area contributed by atoms with E-state index in [1.807, 2.05) is 14.0 Å². The maximum atomic E-state index is 10.8. The number of aryl methyl sites for hydroxylation is 1. The predicted molar refractivity (Wildman–Crippen MR) is 71.5 cm³/mol. The zero-order valence-electron chi connectivity index (χ0n) is 10.5. The summed E-state index contributed by atoms with van der Waals surface area (Å²) in [5.74, 6) is -0.242. The van der Waals surface area contributed by atoms with Gasteiger partial charge in [-0.05, 0) is 25.1 Å². The lowest BCUT2D eigenvalue weighted by Gasteiger charge is -2.15. The highest BCUT2D eigenvalue weighted by Crippen LogP contribution is 2.26. The molecule has 1 heterocycles. The maximum Gasteiger partial charge on any atom is 0.335 e. The van der Waals surface area contributed by atoms with Crippen LogP contribution in [-0.2, 0) is 7.05 Å². The summed E-state index contributed by atoms with van der Waals surface area (Å²) >= 11 is 6.05. The van der Waals surface area contributed by atoms with E-state index < -0.39 is 5.97 Å². The third kappa shape index (κ3) is 2.85.